The van der Waals surface area contributed by atoms with Crippen LogP contribution in [0.25, 0.3) is 4.85 Å². The lowest BCUT2D eigenvalue weighted by atomic mass is 10.3. The van der Waals surface area contributed by atoms with E-state index in [1.165, 1.54) is 0 Å². The molecule has 1 unspecified atom stereocenters. The molecular weight excluding hydrogens is 88.1 g/mol. The van der Waals surface area contributed by atoms with Crippen molar-refractivity contribution in [2.75, 3.05) is 13.1 Å². The van der Waals surface area contributed by atoms with Gasteiger partial charge in [-0.1, -0.05) is 4.85 Å². The van der Waals surface area contributed by atoms with E-state index in [1.54, 1.807) is 0 Å². The van der Waals surface area contributed by atoms with E-state index in [1.807, 2.05) is 0 Å². The normalized spacial score (nSPS) is 29.9. The highest BCUT2D eigenvalue weighted by atomic mass is 15.0. The maximum absolute atomic E-state index is 5.02. The van der Waals surface area contributed by atoms with Gasteiger partial charge in [0, 0.05) is 13.0 Å². The predicted molar refractivity (Wildman–Crippen MR) is 29.6 cm³/mol. The molecule has 2 nitrogen and oxygen atoms in total. The van der Waals surface area contributed by atoms with Crippen molar-refractivity contribution in [1.82, 2.24) is 5.32 Å². The molecule has 0 aliphatic carbocycles. The molecule has 38 valence electrons. The molecule has 0 aromatic rings. The second kappa shape index (κ2) is 1.94. The first kappa shape index (κ1) is 4.61. The first-order valence-corrected chi connectivity index (χ1v) is 2.54. The van der Waals surface area contributed by atoms with Crippen molar-refractivity contribution < 1.29 is 0 Å². The summed E-state index contributed by atoms with van der Waals surface area (Å²) in [5.41, 5.74) is 0. The van der Waals surface area contributed by atoms with Gasteiger partial charge in [-0.15, -0.1) is 0 Å². The zero-order valence-electron chi connectivity index (χ0n) is 4.22. The summed E-state index contributed by atoms with van der Waals surface area (Å²) in [6.07, 6.45) is 1.11. The predicted octanol–water partition coefficient (Wildman–Crippen LogP) is 0.311. The molecule has 1 aliphatic rings. The van der Waals surface area contributed by atoms with Gasteiger partial charge in [0.2, 0.25) is 0 Å². The van der Waals surface area contributed by atoms with E-state index in [2.05, 4.69) is 10.2 Å². The fourth-order valence-electron chi connectivity index (χ4n) is 0.767. The third kappa shape index (κ3) is 0.908. The summed E-state index contributed by atoms with van der Waals surface area (Å²) in [6.45, 7) is 7.06. The van der Waals surface area contributed by atoms with E-state index >= 15 is 0 Å². The van der Waals surface area contributed by atoms with Crippen molar-refractivity contribution in [2.45, 2.75) is 12.5 Å². The molecule has 7 heavy (non-hydrogen) atoms. The Balaban J connectivity index is 2.31. The van der Waals surface area contributed by atoms with Crippen LogP contribution in [0.4, 0.5) is 0 Å². The van der Waals surface area contributed by atoms with Gasteiger partial charge in [0.05, 0.1) is 6.54 Å². The largest absolute Gasteiger partial charge is 0.309 e. The number of hydrogen-bond donors (Lipinski definition) is 1. The third-order valence-electron chi connectivity index (χ3n) is 1.25. The van der Waals surface area contributed by atoms with Crippen molar-refractivity contribution in [3.05, 3.63) is 4.85 Å². The van der Waals surface area contributed by atoms with Gasteiger partial charge in [0.15, 0.2) is 0 Å². The lowest BCUT2D eigenvalue weighted by molar-refractivity contribution is 0.839. The molecule has 0 saturated carbocycles. The van der Waals surface area contributed by atoms with Gasteiger partial charge in [-0.3, -0.25) is 0 Å². The molecule has 0 aromatic carbocycles. The highest BCUT2D eigenvalue weighted by Gasteiger charge is 2.20. The summed E-state index contributed by atoms with van der Waals surface area (Å²) in [7, 11) is 0. The van der Waals surface area contributed by atoms with Crippen LogP contribution < -0.4 is 5.32 Å². The molecule has 1 saturated heterocycles. The van der Waals surface area contributed by atoms with Crippen LogP contribution in [0, 0.1) is 6.57 Å². The first-order valence-electron chi connectivity index (χ1n) is 2.54. The number of hydrogen-bond acceptors (Lipinski definition) is 1. The Hall–Kier alpha value is -0.550. The molecule has 2 heteroatoms. The summed E-state index contributed by atoms with van der Waals surface area (Å²) < 4.78 is 0. The van der Waals surface area contributed by atoms with Gasteiger partial charge in [-0.25, -0.2) is 0 Å². The second-order valence-electron chi connectivity index (χ2n) is 1.80. The minimum Gasteiger partial charge on any atom is -0.309 e. The summed E-state index contributed by atoms with van der Waals surface area (Å²) in [6, 6.07) is 0.389. The van der Waals surface area contributed by atoms with Gasteiger partial charge in [0.1, 0.15) is 0 Å². The van der Waals surface area contributed by atoms with Crippen LogP contribution in [0.1, 0.15) is 6.42 Å². The zero-order valence-corrected chi connectivity index (χ0v) is 4.22. The maximum atomic E-state index is 5.02. The van der Waals surface area contributed by atoms with Crippen molar-refractivity contribution >= 4 is 0 Å². The third-order valence-corrected chi connectivity index (χ3v) is 1.25. The SMILES string of the molecule is C#[N+]C1CCNC1. The molecule has 1 fully saturated rings. The Morgan fingerprint density at radius 3 is 2.86 bits per heavy atom. The molecule has 0 aromatic heterocycles. The average Bonchev–Trinajstić information content (AvgIpc) is 2.14. The lowest BCUT2D eigenvalue weighted by Crippen LogP contribution is -2.09. The summed E-state index contributed by atoms with van der Waals surface area (Å²) >= 11 is 0. The molecule has 1 atom stereocenters. The monoisotopic (exact) mass is 97.1 g/mol. The Morgan fingerprint density at radius 2 is 2.57 bits per heavy atom. The second-order valence-corrected chi connectivity index (χ2v) is 1.80. The fraction of sp³-hybridized carbons (Fsp3) is 0.800. The number of nitrogens with zero attached hydrogens (tertiary/aromatic N) is 1. The van der Waals surface area contributed by atoms with E-state index in [0.717, 1.165) is 19.5 Å². The van der Waals surface area contributed by atoms with Crippen LogP contribution in [0.5, 0.6) is 0 Å². The minimum atomic E-state index is 0.389. The summed E-state index contributed by atoms with van der Waals surface area (Å²) in [5.74, 6) is 0. The van der Waals surface area contributed by atoms with E-state index in [0.29, 0.717) is 6.04 Å². The van der Waals surface area contributed by atoms with Gasteiger partial charge in [-0.05, 0) is 0 Å². The summed E-state index contributed by atoms with van der Waals surface area (Å²) in [4.78, 5) is 3.62. The highest BCUT2D eigenvalue weighted by Crippen LogP contribution is 2.00. The van der Waals surface area contributed by atoms with Crippen molar-refractivity contribution in [1.29, 1.82) is 0 Å². The van der Waals surface area contributed by atoms with E-state index < -0.39 is 0 Å². The van der Waals surface area contributed by atoms with Crippen LogP contribution in [0.3, 0.4) is 0 Å². The van der Waals surface area contributed by atoms with Gasteiger partial charge in [0.25, 0.3) is 12.6 Å². The van der Waals surface area contributed by atoms with Crippen LogP contribution in [0.2, 0.25) is 0 Å². The Morgan fingerprint density at radius 1 is 1.71 bits per heavy atom. The smallest absolute Gasteiger partial charge is 0.285 e. The molecule has 1 aliphatic heterocycles. The van der Waals surface area contributed by atoms with Crippen LogP contribution in [0.15, 0.2) is 0 Å². The Kier molecular flexibility index (Phi) is 1.28. The van der Waals surface area contributed by atoms with Crippen LogP contribution in [-0.4, -0.2) is 19.1 Å². The molecule has 0 bridgehead atoms. The van der Waals surface area contributed by atoms with Crippen LogP contribution >= 0.6 is 0 Å². The fourth-order valence-corrected chi connectivity index (χ4v) is 0.767. The Bertz CT molecular complexity index is 86.7. The molecule has 1 N–H and O–H groups in total. The van der Waals surface area contributed by atoms with E-state index in [9.17, 15) is 0 Å². The van der Waals surface area contributed by atoms with Gasteiger partial charge < -0.3 is 5.32 Å². The molecular formula is C5H9N2+. The summed E-state index contributed by atoms with van der Waals surface area (Å²) in [5, 5.41) is 3.15. The molecule has 0 radical (unpaired) electrons. The van der Waals surface area contributed by atoms with Gasteiger partial charge in [-0.2, -0.15) is 0 Å². The highest BCUT2D eigenvalue weighted by molar-refractivity contribution is 4.88. The molecule has 1 heterocycles. The molecule has 0 amide bonds. The standard InChI is InChI=1S/C5H9N2/c1-6-5-2-3-7-4-5/h1,5,7H,2-4H2/q+1. The minimum absolute atomic E-state index is 0.389. The topological polar surface area (TPSA) is 16.4 Å². The van der Waals surface area contributed by atoms with Crippen molar-refractivity contribution in [2.24, 2.45) is 0 Å². The average molecular weight is 97.1 g/mol. The Labute approximate surface area is 43.3 Å². The lowest BCUT2D eigenvalue weighted by Gasteiger charge is -1.78. The van der Waals surface area contributed by atoms with Crippen molar-refractivity contribution in [3.63, 3.8) is 0 Å². The van der Waals surface area contributed by atoms with Gasteiger partial charge >= 0.3 is 0 Å². The number of rotatable bonds is 0. The molecule has 1 rings (SSSR count). The molecule has 0 spiro atoms. The van der Waals surface area contributed by atoms with Crippen molar-refractivity contribution in [3.8, 4) is 6.57 Å². The van der Waals surface area contributed by atoms with E-state index in [4.69, 9.17) is 6.57 Å². The quantitative estimate of drug-likeness (QED) is 0.460. The maximum Gasteiger partial charge on any atom is 0.285 e. The van der Waals surface area contributed by atoms with Crippen LogP contribution in [-0.2, 0) is 0 Å². The van der Waals surface area contributed by atoms with E-state index in [-0.39, 0.29) is 0 Å². The number of nitrogens with one attached hydrogen (secondary N) is 1. The first-order chi connectivity index (χ1) is 3.43. The zero-order chi connectivity index (χ0) is 5.11.